The fourth-order valence-corrected chi connectivity index (χ4v) is 2.81. The molecular weight excluding hydrogens is 352 g/mol. The third-order valence-corrected chi connectivity index (χ3v) is 4.32. The van der Waals surface area contributed by atoms with Crippen LogP contribution in [0.1, 0.15) is 11.1 Å². The lowest BCUT2D eigenvalue weighted by Gasteiger charge is -2.11. The maximum atomic E-state index is 12.6. The molecule has 0 aliphatic carbocycles. The molecule has 0 saturated heterocycles. The van der Waals surface area contributed by atoms with Crippen LogP contribution in [0.3, 0.4) is 0 Å². The molecule has 2 aromatic carbocycles. The first-order chi connectivity index (χ1) is 13.6. The second kappa shape index (κ2) is 8.14. The summed E-state index contributed by atoms with van der Waals surface area (Å²) in [5.74, 6) is -0.393. The number of benzene rings is 2. The van der Waals surface area contributed by atoms with Gasteiger partial charge in [-0.25, -0.2) is 0 Å². The van der Waals surface area contributed by atoms with Crippen molar-refractivity contribution >= 4 is 11.4 Å². The monoisotopic (exact) mass is 370 g/mol. The van der Waals surface area contributed by atoms with E-state index in [2.05, 4.69) is 16.8 Å². The van der Waals surface area contributed by atoms with E-state index in [1.54, 1.807) is 19.1 Å². The van der Waals surface area contributed by atoms with Crippen molar-refractivity contribution < 1.29 is 5.11 Å². The van der Waals surface area contributed by atoms with Crippen LogP contribution in [0.25, 0.3) is 11.1 Å². The molecule has 3 aromatic rings. The lowest BCUT2D eigenvalue weighted by atomic mass is 10.1. The van der Waals surface area contributed by atoms with Gasteiger partial charge in [-0.1, -0.05) is 48.5 Å². The van der Waals surface area contributed by atoms with Gasteiger partial charge in [0, 0.05) is 12.1 Å². The Morgan fingerprint density at radius 2 is 1.75 bits per heavy atom. The minimum absolute atomic E-state index is 0.00479. The summed E-state index contributed by atoms with van der Waals surface area (Å²) in [6.45, 7) is 5.19. The Morgan fingerprint density at radius 1 is 1.11 bits per heavy atom. The van der Waals surface area contributed by atoms with Crippen molar-refractivity contribution in [2.45, 2.75) is 13.5 Å². The van der Waals surface area contributed by atoms with Crippen LogP contribution in [-0.4, -0.2) is 9.67 Å². The second-order valence-corrected chi connectivity index (χ2v) is 6.10. The van der Waals surface area contributed by atoms with Crippen LogP contribution in [-0.2, 0) is 6.54 Å². The zero-order valence-corrected chi connectivity index (χ0v) is 15.3. The molecule has 1 heterocycles. The molecule has 0 fully saturated rings. The van der Waals surface area contributed by atoms with Crippen molar-refractivity contribution in [2.75, 3.05) is 0 Å². The van der Waals surface area contributed by atoms with E-state index in [4.69, 9.17) is 0 Å². The minimum Gasteiger partial charge on any atom is -0.493 e. The molecule has 0 unspecified atom stereocenters. The molecule has 0 saturated carbocycles. The largest absolute Gasteiger partial charge is 0.493 e. The SMILES string of the molecule is C=CCn1c(O)c(C#N)c(C)c(N=Nc2ccc(-c3ccccc3)cc2)c1=O. The van der Waals surface area contributed by atoms with Gasteiger partial charge >= 0.3 is 0 Å². The van der Waals surface area contributed by atoms with Gasteiger partial charge in [0.05, 0.1) is 5.69 Å². The highest BCUT2D eigenvalue weighted by atomic mass is 16.3. The van der Waals surface area contributed by atoms with E-state index in [0.717, 1.165) is 15.7 Å². The fraction of sp³-hybridized carbons (Fsp3) is 0.0909. The minimum atomic E-state index is -0.529. The van der Waals surface area contributed by atoms with Gasteiger partial charge in [-0.2, -0.15) is 10.4 Å². The molecule has 138 valence electrons. The number of hydrogen-bond donors (Lipinski definition) is 1. The van der Waals surface area contributed by atoms with Crippen LogP contribution in [0.4, 0.5) is 11.4 Å². The lowest BCUT2D eigenvalue weighted by Crippen LogP contribution is -2.21. The molecule has 0 aliphatic rings. The summed E-state index contributed by atoms with van der Waals surface area (Å²) in [6.07, 6.45) is 1.46. The Bertz CT molecular complexity index is 1140. The van der Waals surface area contributed by atoms with E-state index in [-0.39, 0.29) is 23.4 Å². The summed E-state index contributed by atoms with van der Waals surface area (Å²) in [4.78, 5) is 12.6. The first-order valence-electron chi connectivity index (χ1n) is 8.61. The first kappa shape index (κ1) is 18.8. The number of hydrogen-bond acceptors (Lipinski definition) is 5. The maximum absolute atomic E-state index is 12.6. The highest BCUT2D eigenvalue weighted by molar-refractivity contribution is 5.65. The van der Waals surface area contributed by atoms with Crippen LogP contribution < -0.4 is 5.56 Å². The highest BCUT2D eigenvalue weighted by Gasteiger charge is 2.18. The van der Waals surface area contributed by atoms with Gasteiger partial charge in [-0.05, 0) is 30.2 Å². The summed E-state index contributed by atoms with van der Waals surface area (Å²) in [6, 6.07) is 19.3. The summed E-state index contributed by atoms with van der Waals surface area (Å²) in [7, 11) is 0. The van der Waals surface area contributed by atoms with Crippen molar-refractivity contribution in [1.29, 1.82) is 5.26 Å². The Labute approximate surface area is 162 Å². The Morgan fingerprint density at radius 3 is 2.36 bits per heavy atom. The number of allylic oxidation sites excluding steroid dienone is 1. The van der Waals surface area contributed by atoms with Crippen LogP contribution in [0.15, 0.2) is 82.3 Å². The van der Waals surface area contributed by atoms with Crippen molar-refractivity contribution in [3.63, 3.8) is 0 Å². The van der Waals surface area contributed by atoms with E-state index in [9.17, 15) is 15.2 Å². The molecule has 0 amide bonds. The summed E-state index contributed by atoms with van der Waals surface area (Å²) >= 11 is 0. The Hall–Kier alpha value is -3.98. The van der Waals surface area contributed by atoms with Crippen LogP contribution >= 0.6 is 0 Å². The number of rotatable bonds is 5. The number of pyridine rings is 1. The van der Waals surface area contributed by atoms with Crippen LogP contribution in [0, 0.1) is 18.3 Å². The van der Waals surface area contributed by atoms with Gasteiger partial charge in [0.1, 0.15) is 11.6 Å². The topological polar surface area (TPSA) is 90.7 Å². The van der Waals surface area contributed by atoms with E-state index in [1.165, 1.54) is 6.08 Å². The van der Waals surface area contributed by atoms with Crippen molar-refractivity contribution in [3.05, 3.63) is 88.7 Å². The number of aromatic nitrogens is 1. The van der Waals surface area contributed by atoms with E-state index >= 15 is 0 Å². The van der Waals surface area contributed by atoms with Gasteiger partial charge in [0.2, 0.25) is 5.88 Å². The lowest BCUT2D eigenvalue weighted by molar-refractivity contribution is 0.414. The third-order valence-electron chi connectivity index (χ3n) is 4.32. The van der Waals surface area contributed by atoms with Crippen molar-refractivity contribution in [3.8, 4) is 23.1 Å². The quantitative estimate of drug-likeness (QED) is 0.506. The first-order valence-corrected chi connectivity index (χ1v) is 8.61. The van der Waals surface area contributed by atoms with E-state index in [0.29, 0.717) is 5.69 Å². The molecule has 0 radical (unpaired) electrons. The van der Waals surface area contributed by atoms with E-state index in [1.807, 2.05) is 48.5 Å². The average molecular weight is 370 g/mol. The normalized spacial score (nSPS) is 10.7. The molecule has 0 atom stereocenters. The second-order valence-electron chi connectivity index (χ2n) is 6.10. The molecule has 28 heavy (non-hydrogen) atoms. The molecule has 0 spiro atoms. The standard InChI is InChI=1S/C22H18N4O2/c1-3-13-26-21(27)19(14-23)15(2)20(22(26)28)25-24-18-11-9-17(10-12-18)16-7-5-4-6-8-16/h3-12,27H,1,13H2,2H3. The van der Waals surface area contributed by atoms with Crippen LogP contribution in [0.5, 0.6) is 5.88 Å². The predicted molar refractivity (Wildman–Crippen MR) is 108 cm³/mol. The van der Waals surface area contributed by atoms with Gasteiger partial charge in [-0.3, -0.25) is 9.36 Å². The number of aromatic hydroxyl groups is 1. The smallest absolute Gasteiger partial charge is 0.281 e. The van der Waals surface area contributed by atoms with Gasteiger partial charge in [0.25, 0.3) is 5.56 Å². The number of nitriles is 1. The van der Waals surface area contributed by atoms with Crippen molar-refractivity contribution in [2.24, 2.45) is 10.2 Å². The van der Waals surface area contributed by atoms with Crippen molar-refractivity contribution in [1.82, 2.24) is 4.57 Å². The summed E-state index contributed by atoms with van der Waals surface area (Å²) in [5.41, 5.74) is 2.47. The number of nitrogens with zero attached hydrogens (tertiary/aromatic N) is 4. The molecule has 0 aliphatic heterocycles. The molecule has 1 aromatic heterocycles. The van der Waals surface area contributed by atoms with Gasteiger partial charge in [-0.15, -0.1) is 11.7 Å². The van der Waals surface area contributed by atoms with E-state index < -0.39 is 11.4 Å². The van der Waals surface area contributed by atoms with Gasteiger partial charge in [0.15, 0.2) is 5.69 Å². The number of azo groups is 1. The fourth-order valence-electron chi connectivity index (χ4n) is 2.81. The maximum Gasteiger partial charge on any atom is 0.281 e. The summed E-state index contributed by atoms with van der Waals surface area (Å²) in [5, 5.41) is 27.7. The highest BCUT2D eigenvalue weighted by Crippen LogP contribution is 2.27. The summed E-state index contributed by atoms with van der Waals surface area (Å²) < 4.78 is 1.05. The zero-order chi connectivity index (χ0) is 20.1. The predicted octanol–water partition coefficient (Wildman–Crippen LogP) is 5.00. The third kappa shape index (κ3) is 3.60. The van der Waals surface area contributed by atoms with Gasteiger partial charge < -0.3 is 5.11 Å². The molecule has 0 bridgehead atoms. The molecule has 1 N–H and O–H groups in total. The average Bonchev–Trinajstić information content (AvgIpc) is 2.72. The Kier molecular flexibility index (Phi) is 5.47. The molecule has 6 nitrogen and oxygen atoms in total. The Balaban J connectivity index is 1.98. The molecular formula is C22H18N4O2. The van der Waals surface area contributed by atoms with Crippen LogP contribution in [0.2, 0.25) is 0 Å². The molecule has 3 rings (SSSR count). The zero-order valence-electron chi connectivity index (χ0n) is 15.3. The molecule has 6 heteroatoms.